The van der Waals surface area contributed by atoms with Crippen LogP contribution in [-0.2, 0) is 17.6 Å². The van der Waals surface area contributed by atoms with Crippen molar-refractivity contribution in [3.8, 4) is 0 Å². The monoisotopic (exact) mass is 317 g/mol. The van der Waals surface area contributed by atoms with Crippen LogP contribution in [0.2, 0.25) is 0 Å². The lowest BCUT2D eigenvalue weighted by atomic mass is 10.1. The molecule has 0 saturated heterocycles. The summed E-state index contributed by atoms with van der Waals surface area (Å²) in [6.45, 7) is 1.48. The quantitative estimate of drug-likeness (QED) is 0.560. The molecule has 0 fully saturated rings. The van der Waals surface area contributed by atoms with E-state index in [-0.39, 0.29) is 11.9 Å². The summed E-state index contributed by atoms with van der Waals surface area (Å²) in [4.78, 5) is 19.3. The summed E-state index contributed by atoms with van der Waals surface area (Å²) in [5.74, 6) is -0.0342. The molecule has 0 aliphatic rings. The van der Waals surface area contributed by atoms with E-state index in [2.05, 4.69) is 15.3 Å². The molecule has 0 atom stereocenters. The summed E-state index contributed by atoms with van der Waals surface area (Å²) >= 11 is 1.45. The summed E-state index contributed by atoms with van der Waals surface area (Å²) in [5.41, 5.74) is 13.7. The molecule has 0 radical (unpaired) electrons. The van der Waals surface area contributed by atoms with Crippen LogP contribution in [0, 0.1) is 0 Å². The summed E-state index contributed by atoms with van der Waals surface area (Å²) in [6, 6.07) is 7.83. The molecule has 1 aromatic heterocycles. The molecule has 0 aliphatic heterocycles. The highest BCUT2D eigenvalue weighted by Crippen LogP contribution is 2.18. The fraction of sp³-hybridized carbons (Fsp3) is 0.267. The van der Waals surface area contributed by atoms with Crippen molar-refractivity contribution in [2.45, 2.75) is 26.2 Å². The van der Waals surface area contributed by atoms with Gasteiger partial charge >= 0.3 is 0 Å². The van der Waals surface area contributed by atoms with Crippen LogP contribution in [0.15, 0.2) is 34.6 Å². The molecule has 0 aliphatic carbocycles. The van der Waals surface area contributed by atoms with Gasteiger partial charge in [-0.1, -0.05) is 12.1 Å². The first-order valence-corrected chi connectivity index (χ1v) is 7.81. The first-order valence-electron chi connectivity index (χ1n) is 6.93. The van der Waals surface area contributed by atoms with Crippen LogP contribution in [0.5, 0.6) is 0 Å². The summed E-state index contributed by atoms with van der Waals surface area (Å²) in [5, 5.41) is 5.33. The number of hydrogen-bond donors (Lipinski definition) is 3. The van der Waals surface area contributed by atoms with Gasteiger partial charge in [0.05, 0.1) is 11.4 Å². The molecule has 2 aromatic rings. The molecule has 1 heterocycles. The molecule has 7 heteroatoms. The molecule has 0 unspecified atom stereocenters. The number of aryl methyl sites for hydroxylation is 2. The van der Waals surface area contributed by atoms with Crippen molar-refractivity contribution in [3.05, 3.63) is 40.9 Å². The van der Waals surface area contributed by atoms with Crippen molar-refractivity contribution < 1.29 is 4.79 Å². The second-order valence-corrected chi connectivity index (χ2v) is 5.74. The molecule has 22 heavy (non-hydrogen) atoms. The zero-order valence-corrected chi connectivity index (χ0v) is 13.2. The number of nitrogens with two attached hydrogens (primary N) is 2. The Morgan fingerprint density at radius 3 is 2.64 bits per heavy atom. The van der Waals surface area contributed by atoms with Gasteiger partial charge < -0.3 is 16.8 Å². The van der Waals surface area contributed by atoms with Gasteiger partial charge in [0.25, 0.3) is 0 Å². The maximum absolute atomic E-state index is 10.9. The molecule has 0 spiro atoms. The molecule has 116 valence electrons. The maximum atomic E-state index is 10.9. The lowest BCUT2D eigenvalue weighted by Gasteiger charge is -2.01. The number of aromatic nitrogens is 1. The van der Waals surface area contributed by atoms with Crippen molar-refractivity contribution >= 4 is 34.0 Å². The Balaban J connectivity index is 1.82. The first-order chi connectivity index (χ1) is 10.5. The molecule has 2 rings (SSSR count). The van der Waals surface area contributed by atoms with Gasteiger partial charge in [-0.25, -0.2) is 9.98 Å². The fourth-order valence-electron chi connectivity index (χ4n) is 1.99. The van der Waals surface area contributed by atoms with Gasteiger partial charge in [0, 0.05) is 12.3 Å². The third kappa shape index (κ3) is 5.17. The number of nitrogens with zero attached hydrogens (tertiary/aromatic N) is 2. The molecular weight excluding hydrogens is 298 g/mol. The summed E-state index contributed by atoms with van der Waals surface area (Å²) in [7, 11) is 0. The molecule has 1 amide bonds. The van der Waals surface area contributed by atoms with Crippen molar-refractivity contribution in [3.63, 3.8) is 0 Å². The second-order valence-electron chi connectivity index (χ2n) is 4.88. The minimum absolute atomic E-state index is 0.0613. The number of rotatable bonds is 6. The average molecular weight is 317 g/mol. The van der Waals surface area contributed by atoms with Crippen LogP contribution in [0.3, 0.4) is 0 Å². The standard InChI is InChI=1S/C15H19N5OS/c1-10(21)18-15-20-13(9-22-15)4-2-3-11-5-7-12(8-6-11)19-14(16)17/h5-9H,2-4H2,1H3,(H4,16,17,19)(H,18,20,21). The van der Waals surface area contributed by atoms with Crippen LogP contribution < -0.4 is 16.8 Å². The lowest BCUT2D eigenvalue weighted by Crippen LogP contribution is -2.21. The van der Waals surface area contributed by atoms with Crippen LogP contribution in [0.25, 0.3) is 0 Å². The smallest absolute Gasteiger partial charge is 0.223 e. The number of thiazole rings is 1. The summed E-state index contributed by atoms with van der Waals surface area (Å²) < 4.78 is 0. The SMILES string of the molecule is CC(=O)Nc1nc(CCCc2ccc(N=C(N)N)cc2)cs1. The second kappa shape index (κ2) is 7.56. The van der Waals surface area contributed by atoms with E-state index in [1.807, 2.05) is 29.6 Å². The predicted octanol–water partition coefficient (Wildman–Crippen LogP) is 2.18. The van der Waals surface area contributed by atoms with Crippen molar-refractivity contribution in [2.24, 2.45) is 16.5 Å². The number of guanidine groups is 1. The Morgan fingerprint density at radius 2 is 2.00 bits per heavy atom. The predicted molar refractivity (Wildman–Crippen MR) is 90.4 cm³/mol. The van der Waals surface area contributed by atoms with Crippen LogP contribution in [0.1, 0.15) is 24.6 Å². The minimum atomic E-state index is -0.0956. The van der Waals surface area contributed by atoms with Crippen LogP contribution >= 0.6 is 11.3 Å². The lowest BCUT2D eigenvalue weighted by molar-refractivity contribution is -0.114. The average Bonchev–Trinajstić information content (AvgIpc) is 2.87. The number of aliphatic imine (C=N–C) groups is 1. The number of nitrogens with one attached hydrogen (secondary N) is 1. The highest BCUT2D eigenvalue weighted by molar-refractivity contribution is 7.13. The van der Waals surface area contributed by atoms with Crippen molar-refractivity contribution in [1.82, 2.24) is 4.98 Å². The van der Waals surface area contributed by atoms with E-state index in [1.165, 1.54) is 23.8 Å². The third-order valence-electron chi connectivity index (χ3n) is 2.93. The summed E-state index contributed by atoms with van der Waals surface area (Å²) in [6.07, 6.45) is 2.83. The largest absolute Gasteiger partial charge is 0.370 e. The van der Waals surface area contributed by atoms with Gasteiger partial charge in [-0.05, 0) is 37.0 Å². The minimum Gasteiger partial charge on any atom is -0.370 e. The van der Waals surface area contributed by atoms with Gasteiger partial charge in [0.2, 0.25) is 5.91 Å². The number of anilines is 1. The Morgan fingerprint density at radius 1 is 1.27 bits per heavy atom. The normalized spacial score (nSPS) is 10.2. The number of carbonyl (C=O) groups excluding carboxylic acids is 1. The van der Waals surface area contributed by atoms with Gasteiger partial charge in [-0.2, -0.15) is 0 Å². The van der Waals surface area contributed by atoms with Crippen LogP contribution in [-0.4, -0.2) is 16.9 Å². The van der Waals surface area contributed by atoms with E-state index in [1.54, 1.807) is 0 Å². The third-order valence-corrected chi connectivity index (χ3v) is 3.73. The zero-order valence-electron chi connectivity index (χ0n) is 12.4. The first kappa shape index (κ1) is 16.0. The molecule has 0 saturated carbocycles. The van der Waals surface area contributed by atoms with Crippen molar-refractivity contribution in [1.29, 1.82) is 0 Å². The van der Waals surface area contributed by atoms with Gasteiger partial charge in [0.1, 0.15) is 0 Å². The Kier molecular flexibility index (Phi) is 5.48. The molecule has 6 nitrogen and oxygen atoms in total. The number of carbonyl (C=O) groups is 1. The molecule has 0 bridgehead atoms. The maximum Gasteiger partial charge on any atom is 0.223 e. The molecule has 5 N–H and O–H groups in total. The zero-order chi connectivity index (χ0) is 15.9. The fourth-order valence-corrected chi connectivity index (χ4v) is 2.78. The van der Waals surface area contributed by atoms with Crippen LogP contribution in [0.4, 0.5) is 10.8 Å². The highest BCUT2D eigenvalue weighted by atomic mass is 32.1. The van der Waals surface area contributed by atoms with E-state index < -0.39 is 0 Å². The number of amides is 1. The highest BCUT2D eigenvalue weighted by Gasteiger charge is 2.03. The Labute approximate surface area is 133 Å². The Hall–Kier alpha value is -2.41. The topological polar surface area (TPSA) is 106 Å². The van der Waals surface area contributed by atoms with Crippen molar-refractivity contribution in [2.75, 3.05) is 5.32 Å². The number of hydrogen-bond acceptors (Lipinski definition) is 4. The van der Waals surface area contributed by atoms with Gasteiger partial charge in [0.15, 0.2) is 11.1 Å². The van der Waals surface area contributed by atoms with E-state index in [4.69, 9.17) is 11.5 Å². The Bertz CT molecular complexity index is 659. The van der Waals surface area contributed by atoms with E-state index >= 15 is 0 Å². The number of benzene rings is 1. The van der Waals surface area contributed by atoms with E-state index in [0.717, 1.165) is 30.6 Å². The molecule has 1 aromatic carbocycles. The van der Waals surface area contributed by atoms with Gasteiger partial charge in [-0.3, -0.25) is 4.79 Å². The van der Waals surface area contributed by atoms with E-state index in [9.17, 15) is 4.79 Å². The van der Waals surface area contributed by atoms with E-state index in [0.29, 0.717) is 5.13 Å². The van der Waals surface area contributed by atoms with Gasteiger partial charge in [-0.15, -0.1) is 11.3 Å². The molecular formula is C15H19N5OS.